The van der Waals surface area contributed by atoms with Crippen molar-refractivity contribution in [1.29, 1.82) is 0 Å². The van der Waals surface area contributed by atoms with Crippen molar-refractivity contribution in [3.8, 4) is 0 Å². The third kappa shape index (κ3) is 3.42. The van der Waals surface area contributed by atoms with Crippen LogP contribution in [0.5, 0.6) is 0 Å². The van der Waals surface area contributed by atoms with Crippen LogP contribution in [0.25, 0.3) is 0 Å². The molecule has 0 aliphatic carbocycles. The maximum Gasteiger partial charge on any atom is 0.292 e. The molecule has 0 heterocycles. The van der Waals surface area contributed by atoms with Crippen LogP contribution in [-0.4, -0.2) is 10.8 Å². The molecule has 0 aliphatic heterocycles. The number of nitro groups is 1. The molecule has 1 amide bonds. The van der Waals surface area contributed by atoms with E-state index in [1.54, 1.807) is 18.2 Å². The second-order valence-corrected chi connectivity index (χ2v) is 5.73. The number of nitro benzene ring substituents is 1. The summed E-state index contributed by atoms with van der Waals surface area (Å²) in [5.41, 5.74) is 5.61. The molecule has 21 heavy (non-hydrogen) atoms. The van der Waals surface area contributed by atoms with Crippen molar-refractivity contribution in [3.63, 3.8) is 0 Å². The fourth-order valence-electron chi connectivity index (χ4n) is 1.69. The smallest absolute Gasteiger partial charge is 0.292 e. The number of rotatable bonds is 3. The Balaban J connectivity index is 2.33. The highest BCUT2D eigenvalue weighted by Gasteiger charge is 2.19. The van der Waals surface area contributed by atoms with Crippen molar-refractivity contribution in [2.24, 2.45) is 0 Å². The van der Waals surface area contributed by atoms with Gasteiger partial charge in [-0.25, -0.2) is 0 Å². The molecule has 0 saturated heterocycles. The van der Waals surface area contributed by atoms with E-state index >= 15 is 0 Å². The quantitative estimate of drug-likeness (QED) is 0.344. The van der Waals surface area contributed by atoms with Gasteiger partial charge >= 0.3 is 0 Å². The Morgan fingerprint density at radius 3 is 2.67 bits per heavy atom. The number of amides is 1. The van der Waals surface area contributed by atoms with E-state index in [1.807, 2.05) is 0 Å². The first-order valence-corrected chi connectivity index (χ1v) is 7.15. The van der Waals surface area contributed by atoms with E-state index in [2.05, 4.69) is 27.9 Å². The topological polar surface area (TPSA) is 98.3 Å². The van der Waals surface area contributed by atoms with E-state index in [-0.39, 0.29) is 16.9 Å². The Labute approximate surface area is 138 Å². The predicted molar refractivity (Wildman–Crippen MR) is 89.6 cm³/mol. The number of carbonyl (C=O) groups excluding carboxylic acids is 1. The number of halogens is 2. The van der Waals surface area contributed by atoms with Gasteiger partial charge < -0.3 is 11.1 Å². The van der Waals surface area contributed by atoms with Gasteiger partial charge in [-0.3, -0.25) is 14.9 Å². The summed E-state index contributed by atoms with van der Waals surface area (Å²) in [6.07, 6.45) is 0. The van der Waals surface area contributed by atoms with E-state index < -0.39 is 10.8 Å². The van der Waals surface area contributed by atoms with Gasteiger partial charge in [0, 0.05) is 9.64 Å². The van der Waals surface area contributed by atoms with Crippen molar-refractivity contribution >= 4 is 57.2 Å². The van der Waals surface area contributed by atoms with Gasteiger partial charge in [0.1, 0.15) is 5.69 Å². The fourth-order valence-corrected chi connectivity index (χ4v) is 2.59. The molecule has 8 heteroatoms. The van der Waals surface area contributed by atoms with Crippen LogP contribution in [0.15, 0.2) is 36.4 Å². The van der Waals surface area contributed by atoms with Crippen molar-refractivity contribution < 1.29 is 9.72 Å². The minimum Gasteiger partial charge on any atom is -0.393 e. The third-order valence-electron chi connectivity index (χ3n) is 2.70. The Morgan fingerprint density at radius 1 is 1.33 bits per heavy atom. The minimum absolute atomic E-state index is 0.0267. The van der Waals surface area contributed by atoms with E-state index in [0.29, 0.717) is 10.7 Å². The van der Waals surface area contributed by atoms with Gasteiger partial charge in [-0.2, -0.15) is 0 Å². The molecule has 3 N–H and O–H groups in total. The summed E-state index contributed by atoms with van der Waals surface area (Å²) in [5, 5.41) is 13.8. The predicted octanol–water partition coefficient (Wildman–Crippen LogP) is 3.69. The molecule has 0 radical (unpaired) electrons. The number of nitrogens with zero attached hydrogens (tertiary/aromatic N) is 1. The van der Waals surface area contributed by atoms with Crippen LogP contribution in [0, 0.1) is 13.7 Å². The number of nitrogens with two attached hydrogens (primary N) is 1. The van der Waals surface area contributed by atoms with Gasteiger partial charge in [-0.05, 0) is 46.9 Å². The number of nitrogens with one attached hydrogen (secondary N) is 1. The first kappa shape index (κ1) is 15.5. The van der Waals surface area contributed by atoms with Crippen LogP contribution in [0.4, 0.5) is 17.1 Å². The van der Waals surface area contributed by atoms with Crippen LogP contribution in [0.3, 0.4) is 0 Å². The Bertz CT molecular complexity index is 737. The zero-order valence-electron chi connectivity index (χ0n) is 10.5. The number of anilines is 2. The molecule has 0 fully saturated rings. The first-order chi connectivity index (χ1) is 9.90. The average Bonchev–Trinajstić information content (AvgIpc) is 2.41. The maximum absolute atomic E-state index is 12.2. The molecule has 2 aromatic rings. The summed E-state index contributed by atoms with van der Waals surface area (Å²) in [7, 11) is 0. The first-order valence-electron chi connectivity index (χ1n) is 5.69. The van der Waals surface area contributed by atoms with Gasteiger partial charge in [0.05, 0.1) is 21.2 Å². The molecule has 0 saturated carbocycles. The minimum atomic E-state index is -0.635. The number of hydrogen-bond acceptors (Lipinski definition) is 4. The van der Waals surface area contributed by atoms with E-state index in [0.717, 1.165) is 3.57 Å². The van der Waals surface area contributed by atoms with E-state index in [4.69, 9.17) is 17.3 Å². The Kier molecular flexibility index (Phi) is 4.63. The highest BCUT2D eigenvalue weighted by atomic mass is 127. The molecule has 2 aromatic carbocycles. The zero-order valence-corrected chi connectivity index (χ0v) is 13.4. The molecule has 0 spiro atoms. The number of carbonyl (C=O) groups is 1. The normalized spacial score (nSPS) is 10.2. The monoisotopic (exact) mass is 417 g/mol. The summed E-state index contributed by atoms with van der Waals surface area (Å²) < 4.78 is 0.922. The van der Waals surface area contributed by atoms with Gasteiger partial charge in [0.2, 0.25) is 0 Å². The van der Waals surface area contributed by atoms with Crippen LogP contribution < -0.4 is 11.1 Å². The van der Waals surface area contributed by atoms with Crippen molar-refractivity contribution in [2.75, 3.05) is 11.1 Å². The van der Waals surface area contributed by atoms with Gasteiger partial charge in [0.25, 0.3) is 11.6 Å². The summed E-state index contributed by atoms with van der Waals surface area (Å²) >= 11 is 8.12. The van der Waals surface area contributed by atoms with Crippen LogP contribution in [0.2, 0.25) is 5.02 Å². The molecular weight excluding hydrogens is 409 g/mol. The molecule has 6 nitrogen and oxygen atoms in total. The summed E-state index contributed by atoms with van der Waals surface area (Å²) in [5.74, 6) is -0.556. The average molecular weight is 418 g/mol. The molecule has 0 atom stereocenters. The lowest BCUT2D eigenvalue weighted by Crippen LogP contribution is -2.15. The van der Waals surface area contributed by atoms with Crippen LogP contribution >= 0.6 is 34.2 Å². The number of benzene rings is 2. The molecule has 0 unspecified atom stereocenters. The lowest BCUT2D eigenvalue weighted by Gasteiger charge is -2.09. The largest absolute Gasteiger partial charge is 0.393 e. The second-order valence-electron chi connectivity index (χ2n) is 4.07. The molecule has 108 valence electrons. The SMILES string of the molecule is Nc1c(C(=O)Nc2ccc(I)cc2Cl)cccc1[N+](=O)[O-]. The Morgan fingerprint density at radius 2 is 2.05 bits per heavy atom. The Hall–Kier alpha value is -1.87. The van der Waals surface area contributed by atoms with E-state index in [1.165, 1.54) is 18.2 Å². The lowest BCUT2D eigenvalue weighted by atomic mass is 10.1. The molecule has 0 bridgehead atoms. The summed E-state index contributed by atoms with van der Waals surface area (Å²) in [4.78, 5) is 22.4. The van der Waals surface area contributed by atoms with Crippen LogP contribution in [-0.2, 0) is 0 Å². The van der Waals surface area contributed by atoms with Crippen molar-refractivity contribution in [2.45, 2.75) is 0 Å². The highest BCUT2D eigenvalue weighted by Crippen LogP contribution is 2.28. The zero-order chi connectivity index (χ0) is 15.6. The van der Waals surface area contributed by atoms with Gasteiger partial charge in [-0.15, -0.1) is 0 Å². The van der Waals surface area contributed by atoms with Gasteiger partial charge in [0.15, 0.2) is 0 Å². The molecule has 0 aromatic heterocycles. The summed E-state index contributed by atoms with van der Waals surface area (Å²) in [6, 6.07) is 9.17. The fraction of sp³-hybridized carbons (Fsp3) is 0. The standard InChI is InChI=1S/C13H9ClIN3O3/c14-9-6-7(15)4-5-10(9)17-13(19)8-2-1-3-11(12(8)16)18(20)21/h1-6H,16H2,(H,17,19). The van der Waals surface area contributed by atoms with Crippen molar-refractivity contribution in [1.82, 2.24) is 0 Å². The maximum atomic E-state index is 12.2. The van der Waals surface area contributed by atoms with Crippen LogP contribution in [0.1, 0.15) is 10.4 Å². The molecule has 0 aliphatic rings. The summed E-state index contributed by atoms with van der Waals surface area (Å²) in [6.45, 7) is 0. The molecule has 2 rings (SSSR count). The van der Waals surface area contributed by atoms with Crippen molar-refractivity contribution in [3.05, 3.63) is 60.7 Å². The second kappa shape index (κ2) is 6.27. The highest BCUT2D eigenvalue weighted by molar-refractivity contribution is 14.1. The number of hydrogen-bond donors (Lipinski definition) is 2. The van der Waals surface area contributed by atoms with Gasteiger partial charge in [-0.1, -0.05) is 17.7 Å². The number of nitrogen functional groups attached to an aromatic ring is 1. The lowest BCUT2D eigenvalue weighted by molar-refractivity contribution is -0.383. The van der Waals surface area contributed by atoms with E-state index in [9.17, 15) is 14.9 Å². The molecular formula is C13H9ClIN3O3. The number of para-hydroxylation sites is 1. The third-order valence-corrected chi connectivity index (χ3v) is 3.69.